The summed E-state index contributed by atoms with van der Waals surface area (Å²) in [6.45, 7) is 4.20. The fourth-order valence-electron chi connectivity index (χ4n) is 5.58. The second kappa shape index (κ2) is 13.1. The third-order valence-corrected chi connectivity index (χ3v) is 12.1. The van der Waals surface area contributed by atoms with Gasteiger partial charge in [-0.3, -0.25) is 4.99 Å². The van der Waals surface area contributed by atoms with Crippen molar-refractivity contribution in [1.29, 1.82) is 5.26 Å². The first kappa shape index (κ1) is 31.6. The largest absolute Gasteiger partial charge is 0.348 e. The Morgan fingerprint density at radius 3 is 2.58 bits per heavy atom. The predicted octanol–water partition coefficient (Wildman–Crippen LogP) is 3.73. The van der Waals surface area contributed by atoms with E-state index < -0.39 is 10.0 Å². The minimum absolute atomic E-state index is 0.0472. The molecule has 0 spiro atoms. The zero-order valence-corrected chi connectivity index (χ0v) is 27.6. The van der Waals surface area contributed by atoms with E-state index in [2.05, 4.69) is 17.9 Å². The van der Waals surface area contributed by atoms with E-state index in [1.165, 1.54) is 35.2 Å². The summed E-state index contributed by atoms with van der Waals surface area (Å²) in [5.41, 5.74) is 1.22. The number of amidine groups is 2. The molecule has 232 valence electrons. The van der Waals surface area contributed by atoms with Crippen molar-refractivity contribution >= 4 is 48.6 Å². The van der Waals surface area contributed by atoms with Crippen LogP contribution < -0.4 is 4.90 Å². The van der Waals surface area contributed by atoms with Crippen LogP contribution in [0.25, 0.3) is 11.3 Å². The lowest BCUT2D eigenvalue weighted by Crippen LogP contribution is -2.50. The van der Waals surface area contributed by atoms with Crippen LogP contribution in [0.4, 0.5) is 9.52 Å². The fourth-order valence-corrected chi connectivity index (χ4v) is 8.88. The van der Waals surface area contributed by atoms with Gasteiger partial charge in [0.2, 0.25) is 10.0 Å². The molecule has 4 heterocycles. The molecule has 3 aliphatic heterocycles. The number of thiazole rings is 1. The minimum atomic E-state index is -3.36. The van der Waals surface area contributed by atoms with Crippen molar-refractivity contribution in [2.24, 2.45) is 10.1 Å². The molecular weight excluding hydrogens is 610 g/mol. The van der Waals surface area contributed by atoms with Crippen molar-refractivity contribution in [3.63, 3.8) is 0 Å². The van der Waals surface area contributed by atoms with Gasteiger partial charge in [0, 0.05) is 38.8 Å². The van der Waals surface area contributed by atoms with Gasteiger partial charge in [0.1, 0.15) is 28.6 Å². The standard InChI is InChI=1S/C28H38FN9O2S3/c1-6-22-25(35(4)26-32-24(23(17-30)41-26)19-10-12-20(29)13-11-19)38-27(31-22)42-28(33-38)37-15-7-9-21(18-37)36(5)43(39,40)16-8-14-34(2)3/h10-13,21-22,25H,6-9,14-16,18H2,1-5H3. The summed E-state index contributed by atoms with van der Waals surface area (Å²) in [7, 11) is 4.17. The van der Waals surface area contributed by atoms with E-state index in [1.54, 1.807) is 23.5 Å². The van der Waals surface area contributed by atoms with Crippen molar-refractivity contribution in [2.75, 3.05) is 58.5 Å². The van der Waals surface area contributed by atoms with Crippen LogP contribution in [0.15, 0.2) is 34.4 Å². The molecule has 0 aliphatic carbocycles. The number of rotatable bonds is 10. The number of aromatic nitrogens is 1. The second-order valence-corrected chi connectivity index (χ2v) is 15.3. The molecule has 5 rings (SSSR count). The number of sulfonamides is 1. The fraction of sp³-hybridized carbons (Fsp3) is 0.571. The van der Waals surface area contributed by atoms with E-state index in [1.807, 2.05) is 36.0 Å². The molecule has 0 N–H and O–H groups in total. The number of nitrogens with zero attached hydrogens (tertiary/aromatic N) is 9. The van der Waals surface area contributed by atoms with Gasteiger partial charge in [-0.1, -0.05) is 18.3 Å². The van der Waals surface area contributed by atoms with Crippen molar-refractivity contribution in [3.05, 3.63) is 35.0 Å². The zero-order valence-electron chi connectivity index (χ0n) is 25.1. The van der Waals surface area contributed by atoms with Crippen molar-refractivity contribution in [2.45, 2.75) is 50.9 Å². The molecule has 3 aliphatic rings. The van der Waals surface area contributed by atoms with Crippen LogP contribution in [-0.4, -0.2) is 115 Å². The van der Waals surface area contributed by atoms with E-state index in [0.717, 1.165) is 42.7 Å². The Balaban J connectivity index is 1.32. The maximum Gasteiger partial charge on any atom is 0.214 e. The third-order valence-electron chi connectivity index (χ3n) is 8.02. The van der Waals surface area contributed by atoms with E-state index in [9.17, 15) is 18.1 Å². The van der Waals surface area contributed by atoms with Gasteiger partial charge in [-0.15, -0.1) is 5.10 Å². The van der Waals surface area contributed by atoms with Crippen LogP contribution in [0.1, 0.15) is 37.5 Å². The van der Waals surface area contributed by atoms with E-state index in [0.29, 0.717) is 34.2 Å². The Labute approximate surface area is 261 Å². The summed E-state index contributed by atoms with van der Waals surface area (Å²) in [5, 5.41) is 19.0. The van der Waals surface area contributed by atoms with Gasteiger partial charge in [0.05, 0.1) is 11.8 Å². The highest BCUT2D eigenvalue weighted by atomic mass is 32.2. The Kier molecular flexibility index (Phi) is 9.62. The van der Waals surface area contributed by atoms with Gasteiger partial charge in [-0.2, -0.15) is 5.26 Å². The summed E-state index contributed by atoms with van der Waals surface area (Å²) in [6, 6.07) is 8.07. The molecule has 0 radical (unpaired) electrons. The average molecular weight is 648 g/mol. The number of thioether (sulfide) groups is 1. The van der Waals surface area contributed by atoms with E-state index in [4.69, 9.17) is 15.1 Å². The molecule has 1 aromatic carbocycles. The third kappa shape index (κ3) is 6.68. The average Bonchev–Trinajstić information content (AvgIpc) is 3.69. The lowest BCUT2D eigenvalue weighted by molar-refractivity contribution is 0.223. The maximum atomic E-state index is 13.5. The lowest BCUT2D eigenvalue weighted by atomic mass is 10.1. The highest BCUT2D eigenvalue weighted by molar-refractivity contribution is 8.26. The number of halogens is 1. The SMILES string of the molecule is CCC1N=C2SC(N3CCCC(N(C)S(=O)(=O)CCCN(C)C)C3)=NN2C1N(C)c1nc(-c2ccc(F)cc2)c(C#N)s1. The number of likely N-dealkylation sites (N-methyl/N-ethyl adjacent to an activating group) is 2. The number of anilines is 1. The molecule has 43 heavy (non-hydrogen) atoms. The highest BCUT2D eigenvalue weighted by Gasteiger charge is 2.45. The van der Waals surface area contributed by atoms with Crippen molar-refractivity contribution in [1.82, 2.24) is 24.1 Å². The van der Waals surface area contributed by atoms with Gasteiger partial charge >= 0.3 is 0 Å². The summed E-state index contributed by atoms with van der Waals surface area (Å²) in [5.74, 6) is -0.206. The molecule has 0 saturated carbocycles. The number of fused-ring (bicyclic) bond motifs is 1. The molecule has 11 nitrogen and oxygen atoms in total. The van der Waals surface area contributed by atoms with Crippen LogP contribution in [-0.2, 0) is 10.0 Å². The molecule has 2 aromatic rings. The first-order chi connectivity index (χ1) is 20.5. The molecule has 1 saturated heterocycles. The number of benzene rings is 1. The number of hydrogen-bond donors (Lipinski definition) is 0. The van der Waals surface area contributed by atoms with Gasteiger partial charge in [-0.05, 0) is 82.4 Å². The summed E-state index contributed by atoms with van der Waals surface area (Å²) in [6.07, 6.45) is 2.85. The van der Waals surface area contributed by atoms with Crippen LogP contribution in [0, 0.1) is 17.1 Å². The smallest absolute Gasteiger partial charge is 0.214 e. The van der Waals surface area contributed by atoms with Gasteiger partial charge in [0.25, 0.3) is 0 Å². The summed E-state index contributed by atoms with van der Waals surface area (Å²) < 4.78 is 41.2. The highest BCUT2D eigenvalue weighted by Crippen LogP contribution is 2.39. The molecular formula is C28H38FN9O2S3. The monoisotopic (exact) mass is 647 g/mol. The van der Waals surface area contributed by atoms with Gasteiger partial charge in [-0.25, -0.2) is 27.1 Å². The quantitative estimate of drug-likeness (QED) is 0.381. The molecule has 0 bridgehead atoms. The Hall–Kier alpha value is -2.77. The molecule has 1 aromatic heterocycles. The molecule has 15 heteroatoms. The van der Waals surface area contributed by atoms with Gasteiger partial charge in [0.15, 0.2) is 15.5 Å². The first-order valence-corrected chi connectivity index (χ1v) is 17.6. The van der Waals surface area contributed by atoms with E-state index >= 15 is 0 Å². The molecule has 3 atom stereocenters. The summed E-state index contributed by atoms with van der Waals surface area (Å²) in [4.78, 5) is 16.4. The van der Waals surface area contributed by atoms with Crippen LogP contribution in [0.2, 0.25) is 0 Å². The van der Waals surface area contributed by atoms with Crippen LogP contribution in [0.5, 0.6) is 0 Å². The predicted molar refractivity (Wildman–Crippen MR) is 172 cm³/mol. The molecule has 3 unspecified atom stereocenters. The first-order valence-electron chi connectivity index (χ1n) is 14.4. The Morgan fingerprint density at radius 1 is 1.16 bits per heavy atom. The maximum absolute atomic E-state index is 13.5. The Morgan fingerprint density at radius 2 is 1.91 bits per heavy atom. The number of likely N-dealkylation sites (tertiary alicyclic amines) is 1. The number of aliphatic imine (C=N–C) groups is 1. The number of hydrazone groups is 1. The normalized spacial score (nSPS) is 22.2. The minimum Gasteiger partial charge on any atom is -0.348 e. The number of hydrogen-bond acceptors (Lipinski definition) is 12. The molecule has 1 fully saturated rings. The Bertz CT molecular complexity index is 1520. The topological polar surface area (TPSA) is 112 Å². The molecule has 0 amide bonds. The van der Waals surface area contributed by atoms with Crippen molar-refractivity contribution in [3.8, 4) is 17.3 Å². The second-order valence-electron chi connectivity index (χ2n) is 11.3. The number of piperidine rings is 1. The van der Waals surface area contributed by atoms with E-state index in [-0.39, 0.29) is 29.8 Å². The van der Waals surface area contributed by atoms with Crippen LogP contribution >= 0.6 is 23.1 Å². The van der Waals surface area contributed by atoms with Crippen molar-refractivity contribution < 1.29 is 12.8 Å². The number of nitriles is 1. The van der Waals surface area contributed by atoms with Crippen LogP contribution in [0.3, 0.4) is 0 Å². The summed E-state index contributed by atoms with van der Waals surface area (Å²) >= 11 is 2.81. The zero-order chi connectivity index (χ0) is 30.9. The van der Waals surface area contributed by atoms with Gasteiger partial charge < -0.3 is 14.7 Å². The lowest BCUT2D eigenvalue weighted by Gasteiger charge is -2.37.